The van der Waals surface area contributed by atoms with Crippen LogP contribution in [-0.2, 0) is 9.53 Å². The number of thiazole rings is 1. The quantitative estimate of drug-likeness (QED) is 0.760. The van der Waals surface area contributed by atoms with Crippen LogP contribution in [0.4, 0.5) is 5.13 Å². The fourth-order valence-electron chi connectivity index (χ4n) is 0.909. The number of nitrogens with one attached hydrogen (secondary N) is 1. The number of ether oxygens (including phenoxy) is 1. The van der Waals surface area contributed by atoms with Crippen molar-refractivity contribution in [2.45, 2.75) is 13.0 Å². The first kappa shape index (κ1) is 11.1. The molecule has 0 aliphatic carbocycles. The molecule has 1 aromatic heterocycles. The molecule has 0 fully saturated rings. The van der Waals surface area contributed by atoms with Crippen molar-refractivity contribution >= 4 is 22.4 Å². The number of amides is 1. The second-order valence-electron chi connectivity index (χ2n) is 2.73. The molecule has 5 nitrogen and oxygen atoms in total. The third-order valence-electron chi connectivity index (χ3n) is 1.64. The van der Waals surface area contributed by atoms with E-state index in [2.05, 4.69) is 10.3 Å². The molecular formula is C8H13N3O2S. The average Bonchev–Trinajstić information content (AvgIpc) is 2.53. The maximum Gasteiger partial charge on any atom is 0.256 e. The number of carbonyl (C=O) groups is 1. The molecule has 0 aromatic carbocycles. The summed E-state index contributed by atoms with van der Waals surface area (Å²) in [5, 5.41) is 3.20. The van der Waals surface area contributed by atoms with E-state index < -0.39 is 6.10 Å². The van der Waals surface area contributed by atoms with Crippen LogP contribution in [0.25, 0.3) is 0 Å². The SMILES string of the molecule is COC(CN)C(=O)Nc1ncc(C)s1. The van der Waals surface area contributed by atoms with E-state index in [1.54, 1.807) is 6.20 Å². The van der Waals surface area contributed by atoms with Crippen LogP contribution in [0.1, 0.15) is 4.88 Å². The third-order valence-corrected chi connectivity index (χ3v) is 2.47. The molecule has 1 unspecified atom stereocenters. The van der Waals surface area contributed by atoms with Gasteiger partial charge in [0.05, 0.1) is 0 Å². The number of hydrogen-bond donors (Lipinski definition) is 2. The number of anilines is 1. The molecule has 0 radical (unpaired) electrons. The molecule has 0 aliphatic rings. The Morgan fingerprint density at radius 2 is 2.57 bits per heavy atom. The normalized spacial score (nSPS) is 12.5. The van der Waals surface area contributed by atoms with Crippen LogP contribution in [0.3, 0.4) is 0 Å². The molecule has 1 heterocycles. The van der Waals surface area contributed by atoms with Gasteiger partial charge in [-0.25, -0.2) is 4.98 Å². The van der Waals surface area contributed by atoms with E-state index in [4.69, 9.17) is 10.5 Å². The molecule has 1 rings (SSSR count). The molecule has 1 aromatic rings. The Kier molecular flexibility index (Phi) is 3.99. The van der Waals surface area contributed by atoms with Crippen molar-refractivity contribution in [3.8, 4) is 0 Å². The van der Waals surface area contributed by atoms with Crippen LogP contribution in [0.15, 0.2) is 6.20 Å². The molecule has 1 atom stereocenters. The third kappa shape index (κ3) is 2.76. The molecule has 78 valence electrons. The van der Waals surface area contributed by atoms with Gasteiger partial charge in [0.2, 0.25) is 0 Å². The topological polar surface area (TPSA) is 77.2 Å². The molecule has 6 heteroatoms. The predicted octanol–water partition coefficient (Wildman–Crippen LogP) is 0.364. The van der Waals surface area contributed by atoms with Gasteiger partial charge in [-0.2, -0.15) is 0 Å². The van der Waals surface area contributed by atoms with Crippen molar-refractivity contribution in [2.24, 2.45) is 5.73 Å². The highest BCUT2D eigenvalue weighted by molar-refractivity contribution is 7.15. The van der Waals surface area contributed by atoms with Crippen LogP contribution in [0.2, 0.25) is 0 Å². The fourth-order valence-corrected chi connectivity index (χ4v) is 1.58. The average molecular weight is 215 g/mol. The van der Waals surface area contributed by atoms with E-state index in [1.807, 2.05) is 6.92 Å². The lowest BCUT2D eigenvalue weighted by Gasteiger charge is -2.10. The lowest BCUT2D eigenvalue weighted by Crippen LogP contribution is -2.35. The predicted molar refractivity (Wildman–Crippen MR) is 55.3 cm³/mol. The maximum atomic E-state index is 11.4. The van der Waals surface area contributed by atoms with Gasteiger partial charge >= 0.3 is 0 Å². The summed E-state index contributed by atoms with van der Waals surface area (Å²) in [7, 11) is 1.45. The van der Waals surface area contributed by atoms with E-state index in [-0.39, 0.29) is 12.5 Å². The Balaban J connectivity index is 2.56. The largest absolute Gasteiger partial charge is 0.370 e. The summed E-state index contributed by atoms with van der Waals surface area (Å²) in [4.78, 5) is 16.5. The van der Waals surface area contributed by atoms with Crippen LogP contribution >= 0.6 is 11.3 Å². The van der Waals surface area contributed by atoms with Gasteiger partial charge in [-0.05, 0) is 6.92 Å². The highest BCUT2D eigenvalue weighted by atomic mass is 32.1. The zero-order valence-corrected chi connectivity index (χ0v) is 8.93. The zero-order chi connectivity index (χ0) is 10.6. The van der Waals surface area contributed by atoms with Crippen LogP contribution in [0, 0.1) is 6.92 Å². The summed E-state index contributed by atoms with van der Waals surface area (Å²) >= 11 is 1.42. The van der Waals surface area contributed by atoms with Gasteiger partial charge in [0.25, 0.3) is 5.91 Å². The summed E-state index contributed by atoms with van der Waals surface area (Å²) in [5.74, 6) is -0.260. The molecule has 1 amide bonds. The molecular weight excluding hydrogens is 202 g/mol. The summed E-state index contributed by atoms with van der Waals surface area (Å²) in [6.07, 6.45) is 1.09. The Bertz CT molecular complexity index is 309. The Hall–Kier alpha value is -0.980. The first-order valence-corrected chi connectivity index (χ1v) is 4.95. The summed E-state index contributed by atoms with van der Waals surface area (Å²) in [6, 6.07) is 0. The molecule has 0 saturated heterocycles. The monoisotopic (exact) mass is 215 g/mol. The number of methoxy groups -OCH3 is 1. The lowest BCUT2D eigenvalue weighted by molar-refractivity contribution is -0.125. The van der Waals surface area contributed by atoms with Gasteiger partial charge < -0.3 is 10.5 Å². The highest BCUT2D eigenvalue weighted by Gasteiger charge is 2.16. The first-order chi connectivity index (χ1) is 6.67. The maximum absolute atomic E-state index is 11.4. The van der Waals surface area contributed by atoms with Gasteiger partial charge in [0, 0.05) is 24.7 Å². The summed E-state index contributed by atoms with van der Waals surface area (Å²) in [5.41, 5.74) is 5.34. The number of nitrogens with two attached hydrogens (primary N) is 1. The van der Waals surface area contributed by atoms with Crippen molar-refractivity contribution in [1.82, 2.24) is 4.98 Å². The zero-order valence-electron chi connectivity index (χ0n) is 8.11. The summed E-state index contributed by atoms with van der Waals surface area (Å²) < 4.78 is 4.88. The Labute approximate surface area is 86.3 Å². The van der Waals surface area contributed by atoms with Crippen LogP contribution in [0.5, 0.6) is 0 Å². The van der Waals surface area contributed by atoms with Crippen molar-refractivity contribution < 1.29 is 9.53 Å². The second kappa shape index (κ2) is 5.04. The fraction of sp³-hybridized carbons (Fsp3) is 0.500. The number of carbonyl (C=O) groups excluding carboxylic acids is 1. The van der Waals surface area contributed by atoms with Crippen molar-refractivity contribution in [3.05, 3.63) is 11.1 Å². The van der Waals surface area contributed by atoms with Gasteiger partial charge in [0.1, 0.15) is 6.10 Å². The number of rotatable bonds is 4. The van der Waals surface area contributed by atoms with E-state index >= 15 is 0 Å². The van der Waals surface area contributed by atoms with E-state index in [0.717, 1.165) is 4.88 Å². The molecule has 3 N–H and O–H groups in total. The van der Waals surface area contributed by atoms with E-state index in [1.165, 1.54) is 18.4 Å². The first-order valence-electron chi connectivity index (χ1n) is 4.13. The smallest absolute Gasteiger partial charge is 0.256 e. The molecule has 0 aliphatic heterocycles. The highest BCUT2D eigenvalue weighted by Crippen LogP contribution is 2.16. The van der Waals surface area contributed by atoms with Gasteiger partial charge in [-0.15, -0.1) is 11.3 Å². The van der Waals surface area contributed by atoms with Crippen molar-refractivity contribution in [1.29, 1.82) is 0 Å². The second-order valence-corrected chi connectivity index (χ2v) is 3.96. The van der Waals surface area contributed by atoms with E-state index in [9.17, 15) is 4.79 Å². The number of hydrogen-bond acceptors (Lipinski definition) is 5. The van der Waals surface area contributed by atoms with Gasteiger partial charge in [0.15, 0.2) is 5.13 Å². The number of aryl methyl sites for hydroxylation is 1. The van der Waals surface area contributed by atoms with Crippen molar-refractivity contribution in [3.63, 3.8) is 0 Å². The number of nitrogens with zero attached hydrogens (tertiary/aromatic N) is 1. The van der Waals surface area contributed by atoms with Crippen LogP contribution in [-0.4, -0.2) is 30.6 Å². The minimum Gasteiger partial charge on any atom is -0.370 e. The summed E-state index contributed by atoms with van der Waals surface area (Å²) in [6.45, 7) is 2.08. The Morgan fingerprint density at radius 1 is 1.86 bits per heavy atom. The minimum absolute atomic E-state index is 0.159. The number of aromatic nitrogens is 1. The van der Waals surface area contributed by atoms with Gasteiger partial charge in [-0.1, -0.05) is 0 Å². The lowest BCUT2D eigenvalue weighted by atomic mass is 10.3. The molecule has 0 saturated carbocycles. The molecule has 0 spiro atoms. The molecule has 0 bridgehead atoms. The standard InChI is InChI=1S/C8H13N3O2S/c1-5-4-10-8(14-5)11-7(12)6(3-9)13-2/h4,6H,3,9H2,1-2H3,(H,10,11,12). The van der Waals surface area contributed by atoms with Crippen molar-refractivity contribution in [2.75, 3.05) is 19.0 Å². The Morgan fingerprint density at radius 3 is 3.00 bits per heavy atom. The van der Waals surface area contributed by atoms with Crippen LogP contribution < -0.4 is 11.1 Å². The minimum atomic E-state index is -0.612. The van der Waals surface area contributed by atoms with E-state index in [0.29, 0.717) is 5.13 Å². The molecule has 14 heavy (non-hydrogen) atoms. The van der Waals surface area contributed by atoms with Gasteiger partial charge in [-0.3, -0.25) is 10.1 Å².